The van der Waals surface area contributed by atoms with Gasteiger partial charge in [-0.15, -0.1) is 0 Å². The smallest absolute Gasteiger partial charge is 0.141 e. The van der Waals surface area contributed by atoms with E-state index in [1.807, 2.05) is 18.2 Å². The van der Waals surface area contributed by atoms with Gasteiger partial charge in [0.1, 0.15) is 11.5 Å². The summed E-state index contributed by atoms with van der Waals surface area (Å²) in [5.74, 6) is 1.69. The fraction of sp³-hybridized carbons (Fsp3) is 0.294. The summed E-state index contributed by atoms with van der Waals surface area (Å²) in [5, 5.41) is 0. The van der Waals surface area contributed by atoms with Gasteiger partial charge in [0.05, 0.1) is 4.47 Å². The molecule has 2 aromatic carbocycles. The van der Waals surface area contributed by atoms with Crippen molar-refractivity contribution in [3.63, 3.8) is 0 Å². The van der Waals surface area contributed by atoms with Crippen molar-refractivity contribution in [3.8, 4) is 11.5 Å². The first-order chi connectivity index (χ1) is 9.72. The average Bonchev–Trinajstić information content (AvgIpc) is 2.44. The van der Waals surface area contributed by atoms with Crippen LogP contribution in [-0.4, -0.2) is 6.54 Å². The molecule has 0 aliphatic carbocycles. The molecule has 0 saturated heterocycles. The Labute approximate surface area is 129 Å². The second-order valence-corrected chi connectivity index (χ2v) is 5.65. The van der Waals surface area contributed by atoms with Crippen LogP contribution in [0.1, 0.15) is 24.5 Å². The highest BCUT2D eigenvalue weighted by atomic mass is 79.9. The Morgan fingerprint density at radius 2 is 1.70 bits per heavy atom. The molecule has 0 amide bonds. The third kappa shape index (κ3) is 4.09. The molecule has 0 aliphatic rings. The highest BCUT2D eigenvalue weighted by Gasteiger charge is 2.04. The SMILES string of the molecule is CCCc1ccc(Oc2ccc(CCN)cc2Br)cc1. The Bertz CT molecular complexity index is 551. The summed E-state index contributed by atoms with van der Waals surface area (Å²) in [6.07, 6.45) is 3.15. The Morgan fingerprint density at radius 3 is 2.30 bits per heavy atom. The van der Waals surface area contributed by atoms with Crippen LogP contribution in [0.4, 0.5) is 0 Å². The van der Waals surface area contributed by atoms with Gasteiger partial charge >= 0.3 is 0 Å². The summed E-state index contributed by atoms with van der Waals surface area (Å²) in [4.78, 5) is 0. The zero-order valence-corrected chi connectivity index (χ0v) is 13.3. The highest BCUT2D eigenvalue weighted by molar-refractivity contribution is 9.10. The molecule has 0 heterocycles. The molecule has 0 aromatic heterocycles. The number of nitrogens with two attached hydrogens (primary N) is 1. The predicted molar refractivity (Wildman–Crippen MR) is 87.4 cm³/mol. The predicted octanol–water partition coefficient (Wildman–Crippen LogP) is 4.70. The molecule has 0 aliphatic heterocycles. The van der Waals surface area contributed by atoms with Crippen LogP contribution in [0.3, 0.4) is 0 Å². The molecule has 2 N–H and O–H groups in total. The van der Waals surface area contributed by atoms with E-state index in [-0.39, 0.29) is 0 Å². The van der Waals surface area contributed by atoms with Gasteiger partial charge in [0.15, 0.2) is 0 Å². The summed E-state index contributed by atoms with van der Waals surface area (Å²) >= 11 is 3.55. The number of rotatable bonds is 6. The number of aryl methyl sites for hydroxylation is 1. The van der Waals surface area contributed by atoms with Crippen LogP contribution in [0.2, 0.25) is 0 Å². The van der Waals surface area contributed by atoms with E-state index in [0.717, 1.165) is 35.2 Å². The minimum atomic E-state index is 0.658. The minimum absolute atomic E-state index is 0.658. The van der Waals surface area contributed by atoms with Gasteiger partial charge in [-0.2, -0.15) is 0 Å². The van der Waals surface area contributed by atoms with E-state index in [2.05, 4.69) is 47.1 Å². The number of hydrogen-bond donors (Lipinski definition) is 1. The van der Waals surface area contributed by atoms with Crippen molar-refractivity contribution in [1.29, 1.82) is 0 Å². The van der Waals surface area contributed by atoms with Crippen LogP contribution in [0.5, 0.6) is 11.5 Å². The monoisotopic (exact) mass is 333 g/mol. The Kier molecular flexibility index (Phi) is 5.62. The minimum Gasteiger partial charge on any atom is -0.456 e. The van der Waals surface area contributed by atoms with E-state index < -0.39 is 0 Å². The van der Waals surface area contributed by atoms with Crippen molar-refractivity contribution in [1.82, 2.24) is 0 Å². The quantitative estimate of drug-likeness (QED) is 0.831. The maximum atomic E-state index is 5.90. The van der Waals surface area contributed by atoms with Gasteiger partial charge in [0.25, 0.3) is 0 Å². The van der Waals surface area contributed by atoms with Crippen molar-refractivity contribution in [3.05, 3.63) is 58.1 Å². The summed E-state index contributed by atoms with van der Waals surface area (Å²) in [5.41, 5.74) is 8.12. The summed E-state index contributed by atoms with van der Waals surface area (Å²) < 4.78 is 6.86. The second kappa shape index (κ2) is 7.46. The molecular weight excluding hydrogens is 314 g/mol. The maximum absolute atomic E-state index is 5.90. The zero-order chi connectivity index (χ0) is 14.4. The molecule has 0 radical (unpaired) electrons. The number of benzene rings is 2. The molecule has 2 aromatic rings. The molecule has 0 fully saturated rings. The second-order valence-electron chi connectivity index (χ2n) is 4.80. The van der Waals surface area contributed by atoms with E-state index in [4.69, 9.17) is 10.5 Å². The van der Waals surface area contributed by atoms with Gasteiger partial charge in [-0.3, -0.25) is 0 Å². The molecule has 2 nitrogen and oxygen atoms in total. The van der Waals surface area contributed by atoms with Gasteiger partial charge in [0, 0.05) is 0 Å². The Balaban J connectivity index is 2.09. The lowest BCUT2D eigenvalue weighted by Gasteiger charge is -2.10. The number of hydrogen-bond acceptors (Lipinski definition) is 2. The van der Waals surface area contributed by atoms with E-state index in [9.17, 15) is 0 Å². The van der Waals surface area contributed by atoms with Crippen LogP contribution in [0.15, 0.2) is 46.9 Å². The maximum Gasteiger partial charge on any atom is 0.141 e. The third-order valence-electron chi connectivity index (χ3n) is 3.12. The van der Waals surface area contributed by atoms with Crippen molar-refractivity contribution < 1.29 is 4.74 Å². The largest absolute Gasteiger partial charge is 0.456 e. The highest BCUT2D eigenvalue weighted by Crippen LogP contribution is 2.30. The zero-order valence-electron chi connectivity index (χ0n) is 11.7. The van der Waals surface area contributed by atoms with Crippen LogP contribution in [0.25, 0.3) is 0 Å². The van der Waals surface area contributed by atoms with Gasteiger partial charge in [-0.1, -0.05) is 31.5 Å². The van der Waals surface area contributed by atoms with Gasteiger partial charge in [0.2, 0.25) is 0 Å². The first-order valence-electron chi connectivity index (χ1n) is 6.98. The van der Waals surface area contributed by atoms with E-state index in [0.29, 0.717) is 6.54 Å². The average molecular weight is 334 g/mol. The van der Waals surface area contributed by atoms with Gasteiger partial charge < -0.3 is 10.5 Å². The summed E-state index contributed by atoms with van der Waals surface area (Å²) in [6, 6.07) is 14.4. The number of ether oxygens (including phenoxy) is 1. The van der Waals surface area contributed by atoms with Gasteiger partial charge in [-0.25, -0.2) is 0 Å². The lowest BCUT2D eigenvalue weighted by Crippen LogP contribution is -2.02. The first kappa shape index (κ1) is 15.1. The van der Waals surface area contributed by atoms with Crippen LogP contribution in [0, 0.1) is 0 Å². The lowest BCUT2D eigenvalue weighted by atomic mass is 10.1. The molecular formula is C17H20BrNO. The summed E-state index contributed by atoms with van der Waals surface area (Å²) in [7, 11) is 0. The van der Waals surface area contributed by atoms with Crippen LogP contribution in [-0.2, 0) is 12.8 Å². The van der Waals surface area contributed by atoms with Crippen molar-refractivity contribution in [2.45, 2.75) is 26.2 Å². The summed E-state index contributed by atoms with van der Waals surface area (Å²) in [6.45, 7) is 2.84. The lowest BCUT2D eigenvalue weighted by molar-refractivity contribution is 0.479. The molecule has 0 unspecified atom stereocenters. The van der Waals surface area contributed by atoms with E-state index in [1.165, 1.54) is 11.1 Å². The topological polar surface area (TPSA) is 35.2 Å². The Morgan fingerprint density at radius 1 is 1.00 bits per heavy atom. The molecule has 2 rings (SSSR count). The van der Waals surface area contributed by atoms with Gasteiger partial charge in [-0.05, 0) is 70.7 Å². The molecule has 0 spiro atoms. The fourth-order valence-electron chi connectivity index (χ4n) is 2.09. The third-order valence-corrected chi connectivity index (χ3v) is 3.74. The van der Waals surface area contributed by atoms with Crippen molar-refractivity contribution in [2.75, 3.05) is 6.54 Å². The number of halogens is 1. The first-order valence-corrected chi connectivity index (χ1v) is 7.77. The molecule has 0 atom stereocenters. The fourth-order valence-corrected chi connectivity index (χ4v) is 2.60. The Hall–Kier alpha value is -1.32. The standard InChI is InChI=1S/C17H20BrNO/c1-2-3-13-4-7-15(8-5-13)20-17-9-6-14(10-11-19)12-16(17)18/h4-9,12H,2-3,10-11,19H2,1H3. The molecule has 106 valence electrons. The normalized spacial score (nSPS) is 10.6. The van der Waals surface area contributed by atoms with Crippen LogP contribution >= 0.6 is 15.9 Å². The molecule has 0 bridgehead atoms. The van der Waals surface area contributed by atoms with Crippen LogP contribution < -0.4 is 10.5 Å². The molecule has 20 heavy (non-hydrogen) atoms. The van der Waals surface area contributed by atoms with Crippen molar-refractivity contribution >= 4 is 15.9 Å². The van der Waals surface area contributed by atoms with E-state index in [1.54, 1.807) is 0 Å². The molecule has 0 saturated carbocycles. The van der Waals surface area contributed by atoms with Crippen molar-refractivity contribution in [2.24, 2.45) is 5.73 Å². The van der Waals surface area contributed by atoms with E-state index >= 15 is 0 Å². The molecule has 3 heteroatoms.